The van der Waals surface area contributed by atoms with E-state index in [0.29, 0.717) is 13.1 Å². The maximum Gasteiger partial charge on any atom is 0.410 e. The first-order valence-electron chi connectivity index (χ1n) is 10.1. The van der Waals surface area contributed by atoms with Crippen molar-refractivity contribution in [3.05, 3.63) is 40.8 Å². The molecule has 1 fully saturated rings. The molecule has 1 aromatic rings. The van der Waals surface area contributed by atoms with Gasteiger partial charge < -0.3 is 19.6 Å². The van der Waals surface area contributed by atoms with Crippen LogP contribution in [0.3, 0.4) is 0 Å². The number of likely N-dealkylation sites (N-methyl/N-ethyl adjacent to an activating group) is 1. The molecule has 0 radical (unpaired) electrons. The number of piperidine rings is 1. The SMILES string of the molecule is CN(CC(=O)c1ccc(N=O)c(O)c1)C(=O)/C=C/C1CCN(C(=O)OC(C)(C)C)CC1. The van der Waals surface area contributed by atoms with E-state index >= 15 is 0 Å². The molecule has 0 aliphatic carbocycles. The molecule has 0 aromatic heterocycles. The number of hydrogen-bond donors (Lipinski definition) is 1. The van der Waals surface area contributed by atoms with Crippen molar-refractivity contribution in [3.63, 3.8) is 0 Å². The van der Waals surface area contributed by atoms with Gasteiger partial charge in [0.15, 0.2) is 5.78 Å². The minimum atomic E-state index is -0.533. The Balaban J connectivity index is 1.83. The van der Waals surface area contributed by atoms with Gasteiger partial charge in [0.2, 0.25) is 5.91 Å². The monoisotopic (exact) mass is 431 g/mol. The summed E-state index contributed by atoms with van der Waals surface area (Å²) in [4.78, 5) is 50.2. The molecule has 0 unspecified atom stereocenters. The Morgan fingerprint density at radius 3 is 2.45 bits per heavy atom. The molecule has 1 aromatic carbocycles. The summed E-state index contributed by atoms with van der Waals surface area (Å²) in [5, 5.41) is 12.3. The molecule has 1 N–H and O–H groups in total. The van der Waals surface area contributed by atoms with Crippen LogP contribution in [0.25, 0.3) is 0 Å². The number of carbonyl (C=O) groups excluding carboxylic acids is 3. The topological polar surface area (TPSA) is 117 Å². The zero-order valence-electron chi connectivity index (χ0n) is 18.3. The maximum atomic E-state index is 12.3. The normalized spacial score (nSPS) is 15.0. The van der Waals surface area contributed by atoms with Crippen LogP contribution in [0, 0.1) is 10.8 Å². The summed E-state index contributed by atoms with van der Waals surface area (Å²) in [6.45, 7) is 6.42. The summed E-state index contributed by atoms with van der Waals surface area (Å²) in [7, 11) is 1.51. The van der Waals surface area contributed by atoms with Gasteiger partial charge in [-0.1, -0.05) is 6.08 Å². The standard InChI is InChI=1S/C22H29N3O6/c1-22(2,3)31-21(29)25-11-9-15(10-12-25)5-8-20(28)24(4)14-19(27)16-6-7-17(23-30)18(26)13-16/h5-8,13,15,26H,9-12,14H2,1-4H3/b8-5+. The average molecular weight is 431 g/mol. The largest absolute Gasteiger partial charge is 0.506 e. The first-order chi connectivity index (χ1) is 14.5. The highest BCUT2D eigenvalue weighted by molar-refractivity contribution is 6.01. The molecule has 1 heterocycles. The number of rotatable bonds is 6. The van der Waals surface area contributed by atoms with E-state index in [1.807, 2.05) is 26.8 Å². The third-order valence-corrected chi connectivity index (χ3v) is 4.86. The lowest BCUT2D eigenvalue weighted by atomic mass is 9.96. The maximum absolute atomic E-state index is 12.3. The predicted octanol–water partition coefficient (Wildman–Crippen LogP) is 3.63. The van der Waals surface area contributed by atoms with Crippen molar-refractivity contribution in [1.82, 2.24) is 9.80 Å². The van der Waals surface area contributed by atoms with Crippen LogP contribution in [0.4, 0.5) is 10.5 Å². The van der Waals surface area contributed by atoms with Crippen LogP contribution in [0.5, 0.6) is 5.75 Å². The van der Waals surface area contributed by atoms with Crippen molar-refractivity contribution in [2.24, 2.45) is 11.1 Å². The number of likely N-dealkylation sites (tertiary alicyclic amines) is 1. The third kappa shape index (κ3) is 7.20. The highest BCUT2D eigenvalue weighted by atomic mass is 16.6. The first kappa shape index (κ1) is 24.0. The highest BCUT2D eigenvalue weighted by Crippen LogP contribution is 2.27. The zero-order valence-corrected chi connectivity index (χ0v) is 18.3. The fourth-order valence-corrected chi connectivity index (χ4v) is 3.11. The van der Waals surface area contributed by atoms with Gasteiger partial charge in [0.05, 0.1) is 6.54 Å². The number of nitrogens with zero attached hydrogens (tertiary/aromatic N) is 3. The van der Waals surface area contributed by atoms with Crippen LogP contribution < -0.4 is 0 Å². The number of ketones is 1. The Bertz CT molecular complexity index is 866. The van der Waals surface area contributed by atoms with E-state index in [2.05, 4.69) is 5.18 Å². The highest BCUT2D eigenvalue weighted by Gasteiger charge is 2.26. The van der Waals surface area contributed by atoms with E-state index in [0.717, 1.165) is 18.9 Å². The van der Waals surface area contributed by atoms with Gasteiger partial charge >= 0.3 is 6.09 Å². The number of phenolic OH excluding ortho intramolecular Hbond substituents is 1. The zero-order chi connectivity index (χ0) is 23.2. The molecule has 9 nitrogen and oxygen atoms in total. The summed E-state index contributed by atoms with van der Waals surface area (Å²) < 4.78 is 5.38. The molecular formula is C22H29N3O6. The molecule has 1 saturated heterocycles. The summed E-state index contributed by atoms with van der Waals surface area (Å²) in [5.74, 6) is -0.916. The molecule has 0 atom stereocenters. The van der Waals surface area contributed by atoms with Gasteiger partial charge in [-0.2, -0.15) is 0 Å². The van der Waals surface area contributed by atoms with Crippen LogP contribution in [0.2, 0.25) is 0 Å². The number of phenols is 1. The lowest BCUT2D eigenvalue weighted by Crippen LogP contribution is -2.41. The van der Waals surface area contributed by atoms with Crippen LogP contribution in [0.1, 0.15) is 44.0 Å². The summed E-state index contributed by atoms with van der Waals surface area (Å²) in [5.41, 5.74) is -0.501. The second-order valence-corrected chi connectivity index (χ2v) is 8.58. The van der Waals surface area contributed by atoms with Crippen molar-refractivity contribution in [3.8, 4) is 5.75 Å². The van der Waals surface area contributed by atoms with Crippen LogP contribution >= 0.6 is 0 Å². The second kappa shape index (κ2) is 10.2. The molecule has 0 saturated carbocycles. The molecule has 9 heteroatoms. The number of hydrogen-bond acceptors (Lipinski definition) is 7. The van der Waals surface area contributed by atoms with Gasteiger partial charge in [0.25, 0.3) is 0 Å². The number of carbonyl (C=O) groups is 3. The fraction of sp³-hybridized carbons (Fsp3) is 0.500. The minimum Gasteiger partial charge on any atom is -0.506 e. The van der Waals surface area contributed by atoms with Crippen molar-refractivity contribution in [1.29, 1.82) is 0 Å². The summed E-state index contributed by atoms with van der Waals surface area (Å²) in [6.07, 6.45) is 4.38. The first-order valence-corrected chi connectivity index (χ1v) is 10.1. The van der Waals surface area contributed by atoms with Crippen molar-refractivity contribution in [2.75, 3.05) is 26.7 Å². The molecule has 168 valence electrons. The number of Topliss-reactive ketones (excluding diaryl/α,β-unsaturated/α-hetero) is 1. The van der Waals surface area contributed by atoms with E-state index < -0.39 is 5.60 Å². The number of nitroso groups, excluding NO2 is 1. The lowest BCUT2D eigenvalue weighted by molar-refractivity contribution is -0.124. The van der Waals surface area contributed by atoms with Gasteiger partial charge in [-0.15, -0.1) is 4.91 Å². The molecule has 2 rings (SSSR count). The van der Waals surface area contributed by atoms with Crippen molar-refractivity contribution < 1.29 is 24.2 Å². The molecule has 0 spiro atoms. The Morgan fingerprint density at radius 1 is 1.26 bits per heavy atom. The van der Waals surface area contributed by atoms with Crippen molar-refractivity contribution in [2.45, 2.75) is 39.2 Å². The van der Waals surface area contributed by atoms with E-state index in [1.54, 1.807) is 4.90 Å². The third-order valence-electron chi connectivity index (χ3n) is 4.86. The molecule has 1 aliphatic heterocycles. The predicted molar refractivity (Wildman–Crippen MR) is 115 cm³/mol. The molecule has 0 bridgehead atoms. The fourth-order valence-electron chi connectivity index (χ4n) is 3.11. The minimum absolute atomic E-state index is 0.151. The van der Waals surface area contributed by atoms with Gasteiger partial charge in [0.1, 0.15) is 17.0 Å². The Labute approximate surface area is 181 Å². The molecule has 31 heavy (non-hydrogen) atoms. The van der Waals surface area contributed by atoms with Crippen LogP contribution in [0.15, 0.2) is 35.5 Å². The van der Waals surface area contributed by atoms with E-state index in [4.69, 9.17) is 4.74 Å². The van der Waals surface area contributed by atoms with Gasteiger partial charge in [-0.3, -0.25) is 9.59 Å². The van der Waals surface area contributed by atoms with E-state index in [-0.39, 0.29) is 47.2 Å². The number of benzene rings is 1. The van der Waals surface area contributed by atoms with Crippen molar-refractivity contribution >= 4 is 23.5 Å². The van der Waals surface area contributed by atoms with Crippen LogP contribution in [-0.4, -0.2) is 65.0 Å². The Kier molecular flexibility index (Phi) is 7.90. The lowest BCUT2D eigenvalue weighted by Gasteiger charge is -2.32. The summed E-state index contributed by atoms with van der Waals surface area (Å²) in [6, 6.07) is 3.79. The van der Waals surface area contributed by atoms with E-state index in [9.17, 15) is 24.4 Å². The molecular weight excluding hydrogens is 402 g/mol. The number of aromatic hydroxyl groups is 1. The van der Waals surface area contributed by atoms with Crippen LogP contribution in [-0.2, 0) is 9.53 Å². The number of allylic oxidation sites excluding steroid dienone is 1. The summed E-state index contributed by atoms with van der Waals surface area (Å²) >= 11 is 0. The number of ether oxygens (including phenoxy) is 1. The van der Waals surface area contributed by atoms with Gasteiger partial charge in [0, 0.05) is 25.7 Å². The second-order valence-electron chi connectivity index (χ2n) is 8.58. The smallest absolute Gasteiger partial charge is 0.410 e. The quantitative estimate of drug-likeness (QED) is 0.418. The average Bonchev–Trinajstić information content (AvgIpc) is 2.70. The van der Waals surface area contributed by atoms with E-state index in [1.165, 1.54) is 30.2 Å². The Hall–Kier alpha value is -3.23. The van der Waals surface area contributed by atoms with Gasteiger partial charge in [-0.05, 0) is 69.0 Å². The molecule has 1 aliphatic rings. The molecule has 2 amide bonds. The van der Waals surface area contributed by atoms with Gasteiger partial charge in [-0.25, -0.2) is 4.79 Å². The Morgan fingerprint density at radius 2 is 1.90 bits per heavy atom. The number of amides is 2.